The first-order valence-corrected chi connectivity index (χ1v) is 13.6. The molecule has 5 heterocycles. The number of hydrogen-bond acceptors (Lipinski definition) is 9. The number of cyclic esters (lactones) is 1. The number of nitrogens with one attached hydrogen (secondary N) is 1. The second-order valence-electron chi connectivity index (χ2n) is 11.2. The van der Waals surface area contributed by atoms with Crippen molar-refractivity contribution < 1.29 is 23.8 Å². The number of β-amino-alcohol motifs (C(OH)–C–C–N with tert-alkyl or cyclic N) is 1. The summed E-state index contributed by atoms with van der Waals surface area (Å²) in [7, 11) is 0. The highest BCUT2D eigenvalue weighted by molar-refractivity contribution is 5.90. The molecule has 2 amide bonds. The van der Waals surface area contributed by atoms with Gasteiger partial charge in [-0.05, 0) is 30.7 Å². The summed E-state index contributed by atoms with van der Waals surface area (Å²) < 4.78 is 22.3. The predicted molar refractivity (Wildman–Crippen MR) is 141 cm³/mol. The van der Waals surface area contributed by atoms with Crippen molar-refractivity contribution in [1.82, 2.24) is 30.2 Å². The lowest BCUT2D eigenvalue weighted by Crippen LogP contribution is -2.44. The zero-order chi connectivity index (χ0) is 28.3. The van der Waals surface area contributed by atoms with Crippen LogP contribution in [0, 0.1) is 29.0 Å². The van der Waals surface area contributed by atoms with Crippen molar-refractivity contribution >= 4 is 17.7 Å². The number of amides is 2. The molecule has 1 aliphatic carbocycles. The van der Waals surface area contributed by atoms with Crippen LogP contribution in [0.2, 0.25) is 0 Å². The first kappa shape index (κ1) is 25.6. The third kappa shape index (κ3) is 4.22. The highest BCUT2D eigenvalue weighted by Gasteiger charge is 2.72. The Hall–Kier alpha value is -4.41. The van der Waals surface area contributed by atoms with Crippen molar-refractivity contribution in [3.8, 4) is 17.2 Å². The number of aromatic nitrogens is 4. The summed E-state index contributed by atoms with van der Waals surface area (Å²) in [6, 6.07) is 10.1. The number of carbonyl (C=O) groups is 2. The van der Waals surface area contributed by atoms with Crippen molar-refractivity contribution in [3.05, 3.63) is 60.4 Å². The molecule has 1 saturated carbocycles. The Bertz CT molecular complexity index is 1540. The standard InChI is InChI=1S/C28H27FN8O4/c29-23-7-17(37-13-19(41-27(37)40)12-36-6-5-33-34-36)2-3-20(23)16-1-4-25(32-10-16)28-15-35(14-22(28)21(28)9-30)26(39)24-8-18(38)11-31-24/h1-7,10,18-19,21-22,24,31,38H,8,11-15H2/t18-,19+,21+,22-,24+,28-/m1/s1. The maximum absolute atomic E-state index is 15.3. The van der Waals surface area contributed by atoms with Crippen molar-refractivity contribution in [1.29, 1.82) is 5.26 Å². The van der Waals surface area contributed by atoms with Gasteiger partial charge in [0.05, 0.1) is 60.2 Å². The summed E-state index contributed by atoms with van der Waals surface area (Å²) in [4.78, 5) is 33.2. The van der Waals surface area contributed by atoms with Gasteiger partial charge >= 0.3 is 6.09 Å². The van der Waals surface area contributed by atoms with Crippen LogP contribution >= 0.6 is 0 Å². The predicted octanol–water partition coefficient (Wildman–Crippen LogP) is 1.08. The number of aliphatic hydroxyl groups is 1. The van der Waals surface area contributed by atoms with Gasteiger partial charge in [0.2, 0.25) is 5.91 Å². The molecule has 3 aliphatic heterocycles. The van der Waals surface area contributed by atoms with E-state index < -0.39 is 35.6 Å². The molecule has 2 N–H and O–H groups in total. The molecule has 0 spiro atoms. The molecule has 210 valence electrons. The van der Waals surface area contributed by atoms with Gasteiger partial charge in [0.1, 0.15) is 11.9 Å². The normalized spacial score (nSPS) is 30.3. The maximum Gasteiger partial charge on any atom is 0.414 e. The molecule has 4 aliphatic rings. The highest BCUT2D eigenvalue weighted by Crippen LogP contribution is 2.63. The summed E-state index contributed by atoms with van der Waals surface area (Å²) >= 11 is 0. The second-order valence-corrected chi connectivity index (χ2v) is 11.2. The largest absolute Gasteiger partial charge is 0.442 e. The van der Waals surface area contributed by atoms with Crippen LogP contribution in [0.15, 0.2) is 48.9 Å². The molecule has 0 unspecified atom stereocenters. The number of hydrogen-bond donors (Lipinski definition) is 2. The van der Waals surface area contributed by atoms with E-state index in [4.69, 9.17) is 4.74 Å². The summed E-state index contributed by atoms with van der Waals surface area (Å²) in [5, 5.41) is 30.3. The molecule has 13 heteroatoms. The van der Waals surface area contributed by atoms with Crippen LogP contribution in [0.4, 0.5) is 14.9 Å². The van der Waals surface area contributed by atoms with Gasteiger partial charge in [0, 0.05) is 49.1 Å². The van der Waals surface area contributed by atoms with Crippen LogP contribution in [0.25, 0.3) is 11.1 Å². The Balaban J connectivity index is 1.06. The highest BCUT2D eigenvalue weighted by atomic mass is 19.1. The van der Waals surface area contributed by atoms with Crippen LogP contribution in [-0.2, 0) is 21.5 Å². The van der Waals surface area contributed by atoms with Crippen LogP contribution in [0.1, 0.15) is 12.1 Å². The minimum atomic E-state index is -0.553. The van der Waals surface area contributed by atoms with E-state index in [1.807, 2.05) is 6.07 Å². The van der Waals surface area contributed by atoms with Crippen LogP contribution in [-0.4, -0.2) is 86.4 Å². The van der Waals surface area contributed by atoms with Crippen LogP contribution in [0.5, 0.6) is 0 Å². The minimum absolute atomic E-state index is 0.00857. The summed E-state index contributed by atoms with van der Waals surface area (Å²) in [5.41, 5.74) is 1.45. The molecule has 2 aromatic heterocycles. The van der Waals surface area contributed by atoms with E-state index in [0.717, 1.165) is 0 Å². The monoisotopic (exact) mass is 558 g/mol. The Morgan fingerprint density at radius 1 is 1.29 bits per heavy atom. The number of rotatable bonds is 6. The molecule has 6 atom stereocenters. The number of carbonyl (C=O) groups excluding carboxylic acids is 2. The molecular formula is C28H27FN8O4. The quantitative estimate of drug-likeness (QED) is 0.453. The molecule has 7 rings (SSSR count). The van der Waals surface area contributed by atoms with Crippen molar-refractivity contribution in [3.63, 3.8) is 0 Å². The average Bonchev–Trinajstić information content (AvgIpc) is 3.60. The van der Waals surface area contributed by atoms with Gasteiger partial charge in [-0.3, -0.25) is 14.7 Å². The van der Waals surface area contributed by atoms with Crippen molar-refractivity contribution in [2.24, 2.45) is 11.8 Å². The smallest absolute Gasteiger partial charge is 0.414 e. The number of pyridine rings is 1. The third-order valence-electron chi connectivity index (χ3n) is 8.79. The van der Waals surface area contributed by atoms with E-state index in [-0.39, 0.29) is 24.3 Å². The van der Waals surface area contributed by atoms with Gasteiger partial charge in [-0.2, -0.15) is 5.26 Å². The minimum Gasteiger partial charge on any atom is -0.442 e. The number of anilines is 1. The zero-order valence-electron chi connectivity index (χ0n) is 21.9. The molecular weight excluding hydrogens is 531 g/mol. The van der Waals surface area contributed by atoms with Gasteiger partial charge in [-0.1, -0.05) is 11.3 Å². The number of likely N-dealkylation sites (tertiary alicyclic amines) is 1. The fourth-order valence-corrected chi connectivity index (χ4v) is 6.65. The maximum atomic E-state index is 15.3. The van der Waals surface area contributed by atoms with E-state index in [1.165, 1.54) is 11.0 Å². The number of ether oxygens (including phenoxy) is 1. The zero-order valence-corrected chi connectivity index (χ0v) is 21.9. The number of nitriles is 1. The Kier molecular flexibility index (Phi) is 5.98. The number of aliphatic hydroxyl groups excluding tert-OH is 1. The molecule has 4 fully saturated rings. The number of nitrogens with zero attached hydrogens (tertiary/aromatic N) is 7. The van der Waals surface area contributed by atoms with Crippen molar-refractivity contribution in [2.45, 2.75) is 36.6 Å². The molecule has 0 radical (unpaired) electrons. The first-order chi connectivity index (χ1) is 19.9. The Morgan fingerprint density at radius 2 is 2.17 bits per heavy atom. The Labute approximate surface area is 234 Å². The summed E-state index contributed by atoms with van der Waals surface area (Å²) in [6.07, 6.45) is 3.67. The average molecular weight is 559 g/mol. The van der Waals surface area contributed by atoms with Gasteiger partial charge in [-0.15, -0.1) is 5.10 Å². The van der Waals surface area contributed by atoms with E-state index in [1.54, 1.807) is 46.4 Å². The van der Waals surface area contributed by atoms with E-state index >= 15 is 4.39 Å². The van der Waals surface area contributed by atoms with Crippen LogP contribution < -0.4 is 10.2 Å². The SMILES string of the molecule is N#C[C@H]1[C@H]2CN(C(=O)[C@@H]3C[C@@H](O)CN3)C[C@]21c1ccc(-c2ccc(N3C[C@H](Cn4ccnn4)OC3=O)cc2F)cn1. The van der Waals surface area contributed by atoms with Gasteiger partial charge in [0.25, 0.3) is 0 Å². The third-order valence-corrected chi connectivity index (χ3v) is 8.79. The fourth-order valence-electron chi connectivity index (χ4n) is 6.65. The molecule has 0 bridgehead atoms. The summed E-state index contributed by atoms with van der Waals surface area (Å²) in [6.45, 7) is 1.87. The van der Waals surface area contributed by atoms with Gasteiger partial charge < -0.3 is 20.1 Å². The molecule has 41 heavy (non-hydrogen) atoms. The number of fused-ring (bicyclic) bond motifs is 1. The lowest BCUT2D eigenvalue weighted by Gasteiger charge is -2.25. The van der Waals surface area contributed by atoms with Crippen molar-refractivity contribution in [2.75, 3.05) is 31.1 Å². The van der Waals surface area contributed by atoms with E-state index in [9.17, 15) is 20.0 Å². The lowest BCUT2D eigenvalue weighted by atomic mass is 9.96. The number of halogens is 1. The number of benzene rings is 1. The first-order valence-electron chi connectivity index (χ1n) is 13.6. The topological polar surface area (TPSA) is 150 Å². The molecule has 12 nitrogen and oxygen atoms in total. The fraction of sp³-hybridized carbons (Fsp3) is 0.429. The van der Waals surface area contributed by atoms with Gasteiger partial charge in [-0.25, -0.2) is 13.9 Å². The van der Waals surface area contributed by atoms with Crippen LogP contribution in [0.3, 0.4) is 0 Å². The summed E-state index contributed by atoms with van der Waals surface area (Å²) in [5.74, 6) is -0.816. The number of piperidine rings is 1. The lowest BCUT2D eigenvalue weighted by molar-refractivity contribution is -0.132. The Morgan fingerprint density at radius 3 is 2.85 bits per heavy atom. The molecule has 1 aromatic carbocycles. The van der Waals surface area contributed by atoms with E-state index in [0.29, 0.717) is 55.1 Å². The van der Waals surface area contributed by atoms with Gasteiger partial charge in [0.15, 0.2) is 0 Å². The second kappa shape index (κ2) is 9.60. The molecule has 3 saturated heterocycles. The molecule has 3 aromatic rings. The van der Waals surface area contributed by atoms with E-state index in [2.05, 4.69) is 26.7 Å².